The van der Waals surface area contributed by atoms with Gasteiger partial charge in [0, 0.05) is 5.69 Å². The Labute approximate surface area is 215 Å². The number of nitrogens with zero attached hydrogens (tertiary/aromatic N) is 1. The maximum atomic E-state index is 13.3. The normalized spacial score (nSPS) is 17.8. The van der Waals surface area contributed by atoms with E-state index in [0.29, 0.717) is 23.9 Å². The summed E-state index contributed by atoms with van der Waals surface area (Å²) in [4.78, 5) is 15.1. The van der Waals surface area contributed by atoms with Gasteiger partial charge in [-0.15, -0.1) is 0 Å². The van der Waals surface area contributed by atoms with Crippen molar-refractivity contribution in [2.45, 2.75) is 25.0 Å². The molecule has 1 saturated heterocycles. The summed E-state index contributed by atoms with van der Waals surface area (Å²) in [6, 6.07) is 30.1. The summed E-state index contributed by atoms with van der Waals surface area (Å²) in [5.74, 6) is -0.642. The minimum absolute atomic E-state index is 0.0104. The van der Waals surface area contributed by atoms with Crippen LogP contribution in [0.15, 0.2) is 103 Å². The number of para-hydroxylation sites is 1. The highest BCUT2D eigenvalue weighted by atomic mass is 19.1. The zero-order valence-electron chi connectivity index (χ0n) is 20.1. The van der Waals surface area contributed by atoms with E-state index in [1.165, 1.54) is 12.1 Å². The number of carbonyl (C=O) groups is 1. The fourth-order valence-electron chi connectivity index (χ4n) is 5.03. The maximum Gasteiger partial charge on any atom is 0.488 e. The first-order chi connectivity index (χ1) is 17.9. The van der Waals surface area contributed by atoms with Gasteiger partial charge in [0.2, 0.25) is 5.91 Å². The number of aliphatic hydroxyl groups excluding tert-OH is 1. The number of hydrogen-bond acceptors (Lipinski definition) is 4. The SMILES string of the molecule is O=C1[C@H](CC[C@H](O)c2ccc(F)cc2)[C@@H](c2ccc(-c3cccc(B(O)O)c3)cc2)N1c1ccccc1. The lowest BCUT2D eigenvalue weighted by Gasteiger charge is -2.48. The van der Waals surface area contributed by atoms with Crippen molar-refractivity contribution in [3.63, 3.8) is 0 Å². The molecule has 0 spiro atoms. The molecular formula is C30H27BFNO4. The first-order valence-electron chi connectivity index (χ1n) is 12.3. The van der Waals surface area contributed by atoms with E-state index in [1.54, 1.807) is 35.2 Å². The number of carbonyl (C=O) groups excluding carboxylic acids is 1. The van der Waals surface area contributed by atoms with E-state index in [1.807, 2.05) is 60.7 Å². The lowest BCUT2D eigenvalue weighted by Crippen LogP contribution is -2.55. The van der Waals surface area contributed by atoms with Crippen LogP contribution >= 0.6 is 0 Å². The van der Waals surface area contributed by atoms with Crippen molar-refractivity contribution in [2.24, 2.45) is 5.92 Å². The molecule has 4 aromatic carbocycles. The molecule has 1 fully saturated rings. The fourth-order valence-corrected chi connectivity index (χ4v) is 5.03. The van der Waals surface area contributed by atoms with Crippen LogP contribution < -0.4 is 10.4 Å². The summed E-state index contributed by atoms with van der Waals surface area (Å²) < 4.78 is 13.3. The van der Waals surface area contributed by atoms with Crippen molar-refractivity contribution in [1.29, 1.82) is 0 Å². The van der Waals surface area contributed by atoms with Gasteiger partial charge in [-0.05, 0) is 64.8 Å². The average molecular weight is 495 g/mol. The zero-order chi connectivity index (χ0) is 25.9. The van der Waals surface area contributed by atoms with E-state index < -0.39 is 13.2 Å². The number of hydrogen-bond donors (Lipinski definition) is 3. The van der Waals surface area contributed by atoms with Gasteiger partial charge < -0.3 is 20.1 Å². The van der Waals surface area contributed by atoms with E-state index in [9.17, 15) is 24.3 Å². The van der Waals surface area contributed by atoms with Crippen LogP contribution in [0.1, 0.15) is 36.1 Å². The number of aliphatic hydroxyl groups is 1. The first kappa shape index (κ1) is 24.9. The van der Waals surface area contributed by atoms with Crippen LogP contribution in [-0.4, -0.2) is 28.2 Å². The Bertz CT molecular complexity index is 1360. The molecule has 1 heterocycles. The highest BCUT2D eigenvalue weighted by molar-refractivity contribution is 6.58. The Morgan fingerprint density at radius 2 is 1.54 bits per heavy atom. The van der Waals surface area contributed by atoms with Crippen LogP contribution in [0.5, 0.6) is 0 Å². The Morgan fingerprint density at radius 3 is 2.22 bits per heavy atom. The van der Waals surface area contributed by atoms with Crippen LogP contribution in [0.3, 0.4) is 0 Å². The summed E-state index contributed by atoms with van der Waals surface area (Å²) in [6.07, 6.45) is 0.0929. The van der Waals surface area contributed by atoms with Gasteiger partial charge in [0.05, 0.1) is 18.1 Å². The molecule has 1 aliphatic heterocycles. The van der Waals surface area contributed by atoms with Gasteiger partial charge in [-0.2, -0.15) is 0 Å². The number of anilines is 1. The van der Waals surface area contributed by atoms with Gasteiger partial charge in [-0.1, -0.05) is 78.9 Å². The highest BCUT2D eigenvalue weighted by Gasteiger charge is 2.48. The highest BCUT2D eigenvalue weighted by Crippen LogP contribution is 2.46. The van der Waals surface area contributed by atoms with Crippen molar-refractivity contribution in [1.82, 2.24) is 0 Å². The van der Waals surface area contributed by atoms with Crippen LogP contribution in [-0.2, 0) is 4.79 Å². The second-order valence-electron chi connectivity index (χ2n) is 9.36. The summed E-state index contributed by atoms with van der Waals surface area (Å²) in [7, 11) is -1.54. The summed E-state index contributed by atoms with van der Waals surface area (Å²) >= 11 is 0. The molecular weight excluding hydrogens is 468 g/mol. The predicted octanol–water partition coefficient (Wildman–Crippen LogP) is 4.39. The van der Waals surface area contributed by atoms with Gasteiger partial charge in [-0.3, -0.25) is 4.79 Å². The van der Waals surface area contributed by atoms with E-state index in [0.717, 1.165) is 22.4 Å². The first-order valence-corrected chi connectivity index (χ1v) is 12.3. The van der Waals surface area contributed by atoms with Gasteiger partial charge in [0.25, 0.3) is 0 Å². The molecule has 3 atom stereocenters. The van der Waals surface area contributed by atoms with Crippen LogP contribution in [0.2, 0.25) is 0 Å². The molecule has 3 N–H and O–H groups in total. The Balaban J connectivity index is 1.39. The smallest absolute Gasteiger partial charge is 0.423 e. The van der Waals surface area contributed by atoms with Crippen LogP contribution in [0, 0.1) is 11.7 Å². The minimum Gasteiger partial charge on any atom is -0.423 e. The molecule has 5 nitrogen and oxygen atoms in total. The molecule has 0 radical (unpaired) electrons. The van der Waals surface area contributed by atoms with Crippen molar-refractivity contribution < 1.29 is 24.3 Å². The largest absolute Gasteiger partial charge is 0.488 e. The second-order valence-corrected chi connectivity index (χ2v) is 9.36. The van der Waals surface area contributed by atoms with E-state index in [2.05, 4.69) is 0 Å². The average Bonchev–Trinajstić information content (AvgIpc) is 2.92. The van der Waals surface area contributed by atoms with Crippen molar-refractivity contribution in [3.8, 4) is 11.1 Å². The van der Waals surface area contributed by atoms with E-state index in [-0.39, 0.29) is 23.7 Å². The molecule has 4 aromatic rings. The van der Waals surface area contributed by atoms with Crippen molar-refractivity contribution >= 4 is 24.2 Å². The third kappa shape index (κ3) is 5.20. The molecule has 5 rings (SSSR count). The molecule has 0 unspecified atom stereocenters. The summed E-state index contributed by atoms with van der Waals surface area (Å²) in [5, 5.41) is 29.6. The number of halogens is 1. The van der Waals surface area contributed by atoms with Gasteiger partial charge >= 0.3 is 7.12 Å². The second kappa shape index (κ2) is 10.7. The van der Waals surface area contributed by atoms with Crippen molar-refractivity contribution in [3.05, 3.63) is 120 Å². The van der Waals surface area contributed by atoms with E-state index >= 15 is 0 Å². The van der Waals surface area contributed by atoms with Gasteiger partial charge in [0.15, 0.2) is 0 Å². The molecule has 1 amide bonds. The van der Waals surface area contributed by atoms with E-state index in [4.69, 9.17) is 0 Å². The molecule has 0 bridgehead atoms. The summed E-state index contributed by atoms with van der Waals surface area (Å²) in [5.41, 5.74) is 4.63. The summed E-state index contributed by atoms with van der Waals surface area (Å²) in [6.45, 7) is 0. The van der Waals surface area contributed by atoms with Gasteiger partial charge in [-0.25, -0.2) is 4.39 Å². The topological polar surface area (TPSA) is 81.0 Å². The Kier molecular flexibility index (Phi) is 7.19. The number of benzene rings is 4. The molecule has 0 aliphatic carbocycles. The Hall–Kier alpha value is -3.78. The number of rotatable bonds is 8. The maximum absolute atomic E-state index is 13.3. The lowest BCUT2D eigenvalue weighted by molar-refractivity contribution is -0.131. The number of amides is 1. The lowest BCUT2D eigenvalue weighted by atomic mass is 9.77. The molecule has 0 aromatic heterocycles. The molecule has 0 saturated carbocycles. The third-order valence-corrected chi connectivity index (χ3v) is 7.02. The fraction of sp³-hybridized carbons (Fsp3) is 0.167. The standard InChI is InChI=1S/C30H27BFNO4/c32-25-15-13-21(14-16-25)28(34)18-17-27-29(33(30(27)35)26-7-2-1-3-8-26)22-11-9-20(10-12-22)23-5-4-6-24(19-23)31(36)37/h1-16,19,27-29,34,36-37H,17-18H2/t27-,28+,29-/m1/s1. The quantitative estimate of drug-likeness (QED) is 0.250. The third-order valence-electron chi connectivity index (χ3n) is 7.02. The van der Waals surface area contributed by atoms with Crippen LogP contribution in [0.25, 0.3) is 11.1 Å². The molecule has 7 heteroatoms. The predicted molar refractivity (Wildman–Crippen MR) is 142 cm³/mol. The minimum atomic E-state index is -1.54. The Morgan fingerprint density at radius 1 is 0.838 bits per heavy atom. The van der Waals surface area contributed by atoms with Crippen molar-refractivity contribution in [2.75, 3.05) is 4.90 Å². The van der Waals surface area contributed by atoms with Crippen LogP contribution in [0.4, 0.5) is 10.1 Å². The zero-order valence-corrected chi connectivity index (χ0v) is 20.1. The molecule has 37 heavy (non-hydrogen) atoms. The number of β-lactam (4-membered cyclic amide) rings is 1. The molecule has 186 valence electrons. The monoisotopic (exact) mass is 495 g/mol. The molecule has 1 aliphatic rings. The van der Waals surface area contributed by atoms with Gasteiger partial charge in [0.1, 0.15) is 5.82 Å².